The number of hydrogen-bond acceptors (Lipinski definition) is 3. The van der Waals surface area contributed by atoms with Crippen LogP contribution < -0.4 is 10.6 Å². The Morgan fingerprint density at radius 2 is 2.06 bits per heavy atom. The molecule has 0 bridgehead atoms. The molecule has 92 valence electrons. The van der Waals surface area contributed by atoms with Gasteiger partial charge in [-0.2, -0.15) is 0 Å². The largest absolute Gasteiger partial charge is 0.446 e. The van der Waals surface area contributed by atoms with Gasteiger partial charge >= 0.3 is 6.09 Å². The molecule has 16 heavy (non-hydrogen) atoms. The van der Waals surface area contributed by atoms with Crippen LogP contribution in [0.2, 0.25) is 0 Å². The normalized spacial score (nSPS) is 33.6. The zero-order valence-electron chi connectivity index (χ0n) is 10.4. The Labute approximate surface area is 97.1 Å². The summed E-state index contributed by atoms with van der Waals surface area (Å²) in [5, 5.41) is 6.21. The third kappa shape index (κ3) is 2.67. The van der Waals surface area contributed by atoms with Crippen LogP contribution in [-0.4, -0.2) is 30.8 Å². The van der Waals surface area contributed by atoms with Gasteiger partial charge in [-0.3, -0.25) is 0 Å². The van der Waals surface area contributed by atoms with E-state index in [1.165, 1.54) is 6.42 Å². The minimum Gasteiger partial charge on any atom is -0.446 e. The van der Waals surface area contributed by atoms with Gasteiger partial charge in [-0.25, -0.2) is 4.79 Å². The topological polar surface area (TPSA) is 50.4 Å². The summed E-state index contributed by atoms with van der Waals surface area (Å²) in [6.45, 7) is 7.97. The molecule has 3 unspecified atom stereocenters. The molecule has 1 heterocycles. The van der Waals surface area contributed by atoms with E-state index < -0.39 is 0 Å². The van der Waals surface area contributed by atoms with E-state index >= 15 is 0 Å². The van der Waals surface area contributed by atoms with Crippen LogP contribution in [0.5, 0.6) is 0 Å². The molecule has 1 aliphatic carbocycles. The summed E-state index contributed by atoms with van der Waals surface area (Å²) in [5.74, 6) is 1.25. The number of carbonyl (C=O) groups is 1. The van der Waals surface area contributed by atoms with E-state index in [2.05, 4.69) is 10.6 Å². The number of fused-ring (bicyclic) bond motifs is 1. The summed E-state index contributed by atoms with van der Waals surface area (Å²) < 4.78 is 5.51. The standard InChI is InChI=1S/C12H22N2O2/c1-12(2,3)14-11(15)16-10-5-4-8-6-13-7-9(8)10/h8-10,13H,4-7H2,1-3H3,(H,14,15). The van der Waals surface area contributed by atoms with Gasteiger partial charge in [-0.15, -0.1) is 0 Å². The van der Waals surface area contributed by atoms with E-state index in [0.717, 1.165) is 19.5 Å². The van der Waals surface area contributed by atoms with Crippen molar-refractivity contribution in [2.75, 3.05) is 13.1 Å². The highest BCUT2D eigenvalue weighted by molar-refractivity contribution is 5.68. The second kappa shape index (κ2) is 4.24. The van der Waals surface area contributed by atoms with Gasteiger partial charge in [0.15, 0.2) is 0 Å². The van der Waals surface area contributed by atoms with Crippen molar-refractivity contribution < 1.29 is 9.53 Å². The maximum atomic E-state index is 11.6. The molecule has 4 nitrogen and oxygen atoms in total. The number of hydrogen-bond donors (Lipinski definition) is 2. The number of alkyl carbamates (subject to hydrolysis) is 1. The van der Waals surface area contributed by atoms with Gasteiger partial charge in [0, 0.05) is 18.0 Å². The Hall–Kier alpha value is -0.770. The Balaban J connectivity index is 1.83. The molecule has 2 aliphatic rings. The molecule has 0 aromatic heterocycles. The van der Waals surface area contributed by atoms with Gasteiger partial charge in [0.25, 0.3) is 0 Å². The van der Waals surface area contributed by atoms with E-state index in [1.54, 1.807) is 0 Å². The predicted octanol–water partition coefficient (Wildman–Crippen LogP) is 1.51. The van der Waals surface area contributed by atoms with Gasteiger partial charge in [0.1, 0.15) is 6.10 Å². The maximum absolute atomic E-state index is 11.6. The molecule has 2 fully saturated rings. The minimum absolute atomic E-state index is 0.113. The van der Waals surface area contributed by atoms with Gasteiger partial charge < -0.3 is 15.4 Å². The third-order valence-corrected chi connectivity index (χ3v) is 3.43. The summed E-state index contributed by atoms with van der Waals surface area (Å²) in [5.41, 5.74) is -0.219. The fraction of sp³-hybridized carbons (Fsp3) is 0.917. The third-order valence-electron chi connectivity index (χ3n) is 3.43. The van der Waals surface area contributed by atoms with Gasteiger partial charge in [0.2, 0.25) is 0 Å². The summed E-state index contributed by atoms with van der Waals surface area (Å²) in [4.78, 5) is 11.6. The van der Waals surface area contributed by atoms with Crippen LogP contribution in [0.1, 0.15) is 33.6 Å². The van der Waals surface area contributed by atoms with Crippen LogP contribution in [0.15, 0.2) is 0 Å². The Morgan fingerprint density at radius 3 is 2.75 bits per heavy atom. The van der Waals surface area contributed by atoms with E-state index in [4.69, 9.17) is 4.74 Å². The fourth-order valence-electron chi connectivity index (χ4n) is 2.72. The number of carbonyl (C=O) groups excluding carboxylic acids is 1. The monoisotopic (exact) mass is 226 g/mol. The van der Waals surface area contributed by atoms with Crippen molar-refractivity contribution in [1.82, 2.24) is 10.6 Å². The van der Waals surface area contributed by atoms with Crippen molar-refractivity contribution in [3.8, 4) is 0 Å². The lowest BCUT2D eigenvalue weighted by Crippen LogP contribution is -2.43. The lowest BCUT2D eigenvalue weighted by atomic mass is 9.99. The number of ether oxygens (including phenoxy) is 1. The molecule has 0 radical (unpaired) electrons. The first kappa shape index (κ1) is 11.7. The molecular weight excluding hydrogens is 204 g/mol. The molecule has 1 aliphatic heterocycles. The second-order valence-electron chi connectivity index (χ2n) is 5.98. The maximum Gasteiger partial charge on any atom is 0.407 e. The average molecular weight is 226 g/mol. The first-order valence-electron chi connectivity index (χ1n) is 6.15. The van der Waals surface area contributed by atoms with Gasteiger partial charge in [-0.05, 0) is 46.1 Å². The Kier molecular flexibility index (Phi) is 3.10. The molecule has 0 aromatic carbocycles. The van der Waals surface area contributed by atoms with Crippen LogP contribution in [0.3, 0.4) is 0 Å². The summed E-state index contributed by atoms with van der Waals surface area (Å²) >= 11 is 0. The highest BCUT2D eigenvalue weighted by Crippen LogP contribution is 2.36. The summed E-state index contributed by atoms with van der Waals surface area (Å²) in [7, 11) is 0. The van der Waals surface area contributed by atoms with E-state index in [0.29, 0.717) is 11.8 Å². The molecule has 0 aromatic rings. The fourth-order valence-corrected chi connectivity index (χ4v) is 2.72. The molecule has 2 N–H and O–H groups in total. The summed E-state index contributed by atoms with van der Waals surface area (Å²) in [6.07, 6.45) is 2.05. The average Bonchev–Trinajstić information content (AvgIpc) is 2.66. The smallest absolute Gasteiger partial charge is 0.407 e. The molecule has 1 amide bonds. The van der Waals surface area contributed by atoms with E-state index in [9.17, 15) is 4.79 Å². The first-order chi connectivity index (χ1) is 7.46. The minimum atomic E-state index is -0.273. The SMILES string of the molecule is CC(C)(C)NC(=O)OC1CCC2CNCC21. The highest BCUT2D eigenvalue weighted by atomic mass is 16.6. The lowest BCUT2D eigenvalue weighted by Gasteiger charge is -2.24. The number of amides is 1. The predicted molar refractivity (Wildman–Crippen MR) is 62.2 cm³/mol. The Bertz CT molecular complexity index is 273. The Morgan fingerprint density at radius 1 is 1.31 bits per heavy atom. The molecule has 4 heteroatoms. The van der Waals surface area contributed by atoms with Crippen LogP contribution in [-0.2, 0) is 4.74 Å². The molecule has 2 rings (SSSR count). The quantitative estimate of drug-likeness (QED) is 0.712. The zero-order valence-corrected chi connectivity index (χ0v) is 10.4. The van der Waals surface area contributed by atoms with Crippen molar-refractivity contribution in [3.63, 3.8) is 0 Å². The van der Waals surface area contributed by atoms with Crippen LogP contribution in [0.25, 0.3) is 0 Å². The molecule has 1 saturated heterocycles. The van der Waals surface area contributed by atoms with E-state index in [1.807, 2.05) is 20.8 Å². The van der Waals surface area contributed by atoms with Crippen molar-refractivity contribution in [3.05, 3.63) is 0 Å². The van der Waals surface area contributed by atoms with Crippen molar-refractivity contribution >= 4 is 6.09 Å². The van der Waals surface area contributed by atoms with Gasteiger partial charge in [0.05, 0.1) is 0 Å². The van der Waals surface area contributed by atoms with Crippen molar-refractivity contribution in [2.24, 2.45) is 11.8 Å². The molecular formula is C12H22N2O2. The van der Waals surface area contributed by atoms with E-state index in [-0.39, 0.29) is 17.7 Å². The molecule has 0 spiro atoms. The van der Waals surface area contributed by atoms with Gasteiger partial charge in [-0.1, -0.05) is 0 Å². The molecule has 3 atom stereocenters. The number of nitrogens with one attached hydrogen (secondary N) is 2. The lowest BCUT2D eigenvalue weighted by molar-refractivity contribution is 0.0706. The zero-order chi connectivity index (χ0) is 11.8. The van der Waals surface area contributed by atoms with Crippen LogP contribution in [0.4, 0.5) is 4.79 Å². The van der Waals surface area contributed by atoms with Crippen molar-refractivity contribution in [1.29, 1.82) is 0 Å². The first-order valence-corrected chi connectivity index (χ1v) is 6.15. The molecule has 1 saturated carbocycles. The second-order valence-corrected chi connectivity index (χ2v) is 5.98. The summed E-state index contributed by atoms with van der Waals surface area (Å²) in [6, 6.07) is 0. The van der Waals surface area contributed by atoms with Crippen LogP contribution in [0, 0.1) is 11.8 Å². The van der Waals surface area contributed by atoms with Crippen LogP contribution >= 0.6 is 0 Å². The number of rotatable bonds is 1. The van der Waals surface area contributed by atoms with Crippen molar-refractivity contribution in [2.45, 2.75) is 45.3 Å². The highest BCUT2D eigenvalue weighted by Gasteiger charge is 2.41.